The van der Waals surface area contributed by atoms with Crippen molar-refractivity contribution in [1.82, 2.24) is 14.9 Å². The van der Waals surface area contributed by atoms with Crippen molar-refractivity contribution in [1.29, 1.82) is 0 Å². The number of hydrogen-bond donors (Lipinski definition) is 1. The number of likely N-dealkylation sites (tertiary alicyclic amines) is 1. The molecule has 2 unspecified atom stereocenters. The van der Waals surface area contributed by atoms with Gasteiger partial charge in [-0.3, -0.25) is 9.78 Å². The number of hydrogen-bond acceptors (Lipinski definition) is 4. The first-order chi connectivity index (χ1) is 11.8. The minimum atomic E-state index is 0.0755. The summed E-state index contributed by atoms with van der Waals surface area (Å²) in [5.41, 5.74) is 1.80. The maximum atomic E-state index is 12.6. The molecule has 2 aromatic heterocycles. The Morgan fingerprint density at radius 2 is 2.12 bits per heavy atom. The van der Waals surface area contributed by atoms with Gasteiger partial charge in [-0.15, -0.1) is 0 Å². The van der Waals surface area contributed by atoms with Gasteiger partial charge in [0.05, 0.1) is 30.6 Å². The average Bonchev–Trinajstić information content (AvgIpc) is 3.08. The molecule has 0 spiro atoms. The number of fused-ring (bicyclic) bond motifs is 1. The van der Waals surface area contributed by atoms with Crippen molar-refractivity contribution in [2.75, 3.05) is 31.1 Å². The first-order valence-corrected chi connectivity index (χ1v) is 8.54. The second kappa shape index (κ2) is 6.65. The quantitative estimate of drug-likeness (QED) is 0.916. The van der Waals surface area contributed by atoms with E-state index in [1.165, 1.54) is 0 Å². The molecule has 0 saturated carbocycles. The molecular weight excluding hydrogens is 304 g/mol. The molecule has 4 heterocycles. The lowest BCUT2D eigenvalue weighted by molar-refractivity contribution is 0.00907. The summed E-state index contributed by atoms with van der Waals surface area (Å²) < 4.78 is 6.02. The van der Waals surface area contributed by atoms with Crippen LogP contribution in [-0.4, -0.2) is 59.2 Å². The van der Waals surface area contributed by atoms with Crippen molar-refractivity contribution in [3.05, 3.63) is 48.5 Å². The highest BCUT2D eigenvalue weighted by Gasteiger charge is 2.36. The summed E-state index contributed by atoms with van der Waals surface area (Å²) in [6.45, 7) is 3.08. The lowest BCUT2D eigenvalue weighted by atomic mass is 10.0. The SMILES string of the molecule is O=C(c1ccc[nH]1)N1CCC2OCCN(c3cccnc3)C2CC1. The molecule has 1 N–H and O–H groups in total. The molecular formula is C18H22N4O2. The molecule has 2 atom stereocenters. The minimum Gasteiger partial charge on any atom is -0.374 e. The van der Waals surface area contributed by atoms with Gasteiger partial charge in [0.25, 0.3) is 5.91 Å². The molecule has 0 aromatic carbocycles. The smallest absolute Gasteiger partial charge is 0.270 e. The number of nitrogens with one attached hydrogen (secondary N) is 1. The molecule has 2 saturated heterocycles. The van der Waals surface area contributed by atoms with Gasteiger partial charge in [0.15, 0.2) is 0 Å². The highest BCUT2D eigenvalue weighted by Crippen LogP contribution is 2.28. The Balaban J connectivity index is 1.51. The molecule has 2 aromatic rings. The van der Waals surface area contributed by atoms with Crippen LogP contribution in [-0.2, 0) is 4.74 Å². The zero-order valence-electron chi connectivity index (χ0n) is 13.6. The number of carbonyl (C=O) groups is 1. The van der Waals surface area contributed by atoms with E-state index in [9.17, 15) is 4.79 Å². The summed E-state index contributed by atoms with van der Waals surface area (Å²) in [6, 6.07) is 8.06. The molecule has 24 heavy (non-hydrogen) atoms. The summed E-state index contributed by atoms with van der Waals surface area (Å²) in [6.07, 6.45) is 7.44. The number of rotatable bonds is 2. The van der Waals surface area contributed by atoms with Crippen LogP contribution in [0.3, 0.4) is 0 Å². The minimum absolute atomic E-state index is 0.0755. The van der Waals surface area contributed by atoms with Crippen molar-refractivity contribution >= 4 is 11.6 Å². The van der Waals surface area contributed by atoms with E-state index in [4.69, 9.17) is 4.74 Å². The third kappa shape index (κ3) is 2.89. The highest BCUT2D eigenvalue weighted by atomic mass is 16.5. The molecule has 0 aliphatic carbocycles. The Morgan fingerprint density at radius 3 is 2.92 bits per heavy atom. The normalized spacial score (nSPS) is 24.3. The van der Waals surface area contributed by atoms with E-state index in [0.29, 0.717) is 11.7 Å². The second-order valence-corrected chi connectivity index (χ2v) is 6.33. The van der Waals surface area contributed by atoms with Crippen molar-refractivity contribution in [2.45, 2.75) is 25.0 Å². The first kappa shape index (κ1) is 15.2. The number of H-pyrrole nitrogens is 1. The molecule has 2 aliphatic heterocycles. The predicted molar refractivity (Wildman–Crippen MR) is 91.0 cm³/mol. The number of carbonyl (C=O) groups excluding carboxylic acids is 1. The van der Waals surface area contributed by atoms with Crippen LogP contribution in [0.15, 0.2) is 42.9 Å². The van der Waals surface area contributed by atoms with Crippen LogP contribution in [0.2, 0.25) is 0 Å². The Hall–Kier alpha value is -2.34. The lowest BCUT2D eigenvalue weighted by Crippen LogP contribution is -2.51. The second-order valence-electron chi connectivity index (χ2n) is 6.33. The van der Waals surface area contributed by atoms with E-state index in [-0.39, 0.29) is 12.0 Å². The van der Waals surface area contributed by atoms with E-state index in [1.54, 1.807) is 12.4 Å². The maximum absolute atomic E-state index is 12.6. The fraction of sp³-hybridized carbons (Fsp3) is 0.444. The van der Waals surface area contributed by atoms with E-state index in [2.05, 4.69) is 20.9 Å². The Bertz CT molecular complexity index is 674. The Morgan fingerprint density at radius 1 is 1.21 bits per heavy atom. The number of nitrogens with zero attached hydrogens (tertiary/aromatic N) is 3. The largest absolute Gasteiger partial charge is 0.374 e. The summed E-state index contributed by atoms with van der Waals surface area (Å²) in [5, 5.41) is 0. The fourth-order valence-electron chi connectivity index (χ4n) is 3.76. The molecule has 2 fully saturated rings. The molecule has 6 heteroatoms. The van der Waals surface area contributed by atoms with E-state index >= 15 is 0 Å². The van der Waals surface area contributed by atoms with Crippen molar-refractivity contribution < 1.29 is 9.53 Å². The summed E-state index contributed by atoms with van der Waals surface area (Å²) >= 11 is 0. The van der Waals surface area contributed by atoms with Crippen molar-refractivity contribution in [2.24, 2.45) is 0 Å². The van der Waals surface area contributed by atoms with Crippen LogP contribution in [0.25, 0.3) is 0 Å². The zero-order valence-corrected chi connectivity index (χ0v) is 13.6. The standard InChI is InChI=1S/C18H22N4O2/c23-18(15-4-2-8-20-15)21-9-5-16-17(6-10-21)24-12-11-22(16)14-3-1-7-19-13-14/h1-4,7-8,13,16-17,20H,5-6,9-12H2. The topological polar surface area (TPSA) is 61.5 Å². The third-order valence-electron chi connectivity index (χ3n) is 4.97. The number of aromatic nitrogens is 2. The van der Waals surface area contributed by atoms with E-state index in [1.807, 2.05) is 29.3 Å². The predicted octanol–water partition coefficient (Wildman–Crippen LogP) is 1.92. The highest BCUT2D eigenvalue weighted by molar-refractivity contribution is 5.92. The van der Waals surface area contributed by atoms with Crippen LogP contribution in [0.5, 0.6) is 0 Å². The molecule has 126 valence electrons. The number of ether oxygens (including phenoxy) is 1. The number of pyridine rings is 1. The number of morpholine rings is 1. The van der Waals surface area contributed by atoms with Gasteiger partial charge < -0.3 is 19.5 Å². The number of amides is 1. The molecule has 0 radical (unpaired) electrons. The summed E-state index contributed by atoms with van der Waals surface area (Å²) in [7, 11) is 0. The van der Waals surface area contributed by atoms with Gasteiger partial charge in [0.1, 0.15) is 5.69 Å². The van der Waals surface area contributed by atoms with Crippen LogP contribution < -0.4 is 4.90 Å². The molecule has 1 amide bonds. The molecule has 6 nitrogen and oxygen atoms in total. The van der Waals surface area contributed by atoms with Gasteiger partial charge >= 0.3 is 0 Å². The lowest BCUT2D eigenvalue weighted by Gasteiger charge is -2.41. The average molecular weight is 326 g/mol. The van der Waals surface area contributed by atoms with Crippen LogP contribution in [0.1, 0.15) is 23.3 Å². The van der Waals surface area contributed by atoms with Crippen molar-refractivity contribution in [3.63, 3.8) is 0 Å². The fourth-order valence-corrected chi connectivity index (χ4v) is 3.76. The van der Waals surface area contributed by atoms with Gasteiger partial charge in [-0.2, -0.15) is 0 Å². The van der Waals surface area contributed by atoms with Crippen LogP contribution >= 0.6 is 0 Å². The molecule has 4 rings (SSSR count). The third-order valence-corrected chi connectivity index (χ3v) is 4.97. The molecule has 0 bridgehead atoms. The Labute approximate surface area is 141 Å². The van der Waals surface area contributed by atoms with E-state index in [0.717, 1.165) is 44.8 Å². The zero-order chi connectivity index (χ0) is 16.4. The van der Waals surface area contributed by atoms with Gasteiger partial charge in [-0.05, 0) is 37.1 Å². The number of aromatic amines is 1. The maximum Gasteiger partial charge on any atom is 0.270 e. The van der Waals surface area contributed by atoms with Gasteiger partial charge in [-0.1, -0.05) is 0 Å². The number of anilines is 1. The van der Waals surface area contributed by atoms with Crippen LogP contribution in [0, 0.1) is 0 Å². The van der Waals surface area contributed by atoms with Gasteiger partial charge in [0, 0.05) is 32.0 Å². The van der Waals surface area contributed by atoms with Crippen molar-refractivity contribution in [3.8, 4) is 0 Å². The molecule has 2 aliphatic rings. The van der Waals surface area contributed by atoms with E-state index < -0.39 is 0 Å². The monoisotopic (exact) mass is 326 g/mol. The van der Waals surface area contributed by atoms with Crippen LogP contribution in [0.4, 0.5) is 5.69 Å². The van der Waals surface area contributed by atoms with Gasteiger partial charge in [0.2, 0.25) is 0 Å². The first-order valence-electron chi connectivity index (χ1n) is 8.54. The summed E-state index contributed by atoms with van der Waals surface area (Å²) in [5.74, 6) is 0.0755. The summed E-state index contributed by atoms with van der Waals surface area (Å²) in [4.78, 5) is 24.2. The Kier molecular flexibility index (Phi) is 4.21. The van der Waals surface area contributed by atoms with Gasteiger partial charge in [-0.25, -0.2) is 0 Å².